The lowest BCUT2D eigenvalue weighted by Crippen LogP contribution is -2.16. The number of aromatic nitrogens is 1. The van der Waals surface area contributed by atoms with E-state index in [1.165, 1.54) is 12.8 Å². The van der Waals surface area contributed by atoms with Crippen molar-refractivity contribution in [2.24, 2.45) is 11.8 Å². The Hall–Kier alpha value is -1.77. The molecule has 1 fully saturated rings. The molecule has 1 N–H and O–H groups in total. The molecule has 1 saturated carbocycles. The van der Waals surface area contributed by atoms with E-state index in [2.05, 4.69) is 11.9 Å². The van der Waals surface area contributed by atoms with Crippen molar-refractivity contribution in [3.63, 3.8) is 0 Å². The van der Waals surface area contributed by atoms with Gasteiger partial charge in [-0.3, -0.25) is 4.79 Å². The Morgan fingerprint density at radius 1 is 1.33 bits per heavy atom. The number of fused-ring (bicyclic) bond motifs is 1. The molecule has 2 unspecified atom stereocenters. The summed E-state index contributed by atoms with van der Waals surface area (Å²) in [6.45, 7) is 6.21. The highest BCUT2D eigenvalue weighted by Crippen LogP contribution is 2.35. The molecule has 0 spiro atoms. The number of nitrogens with one attached hydrogen (secondary N) is 1. The molecule has 0 aliphatic heterocycles. The molecule has 2 aromatic rings. The molecule has 2 atom stereocenters. The van der Waals surface area contributed by atoms with Gasteiger partial charge in [0.1, 0.15) is 5.75 Å². The fourth-order valence-electron chi connectivity index (χ4n) is 3.38. The van der Waals surface area contributed by atoms with E-state index in [4.69, 9.17) is 4.74 Å². The average Bonchev–Trinajstić information content (AvgIpc) is 3.03. The second-order valence-corrected chi connectivity index (χ2v) is 6.46. The standard InChI is InChI=1S/C18H23NO2/c1-11(2)21-13-7-8-17-15(9-13)16(10-19-17)18(20)14-6-4-5-12(14)3/h7-12,14,19H,4-6H2,1-3H3. The summed E-state index contributed by atoms with van der Waals surface area (Å²) < 4.78 is 5.75. The maximum atomic E-state index is 12.8. The first-order valence-corrected chi connectivity index (χ1v) is 7.88. The van der Waals surface area contributed by atoms with Crippen molar-refractivity contribution >= 4 is 16.7 Å². The lowest BCUT2D eigenvalue weighted by molar-refractivity contribution is 0.0899. The topological polar surface area (TPSA) is 42.1 Å². The summed E-state index contributed by atoms with van der Waals surface area (Å²) in [7, 11) is 0. The summed E-state index contributed by atoms with van der Waals surface area (Å²) in [4.78, 5) is 16.0. The van der Waals surface area contributed by atoms with Crippen LogP contribution in [0.3, 0.4) is 0 Å². The van der Waals surface area contributed by atoms with Gasteiger partial charge in [-0.2, -0.15) is 0 Å². The van der Waals surface area contributed by atoms with E-state index in [-0.39, 0.29) is 17.8 Å². The predicted octanol–water partition coefficient (Wildman–Crippen LogP) is 4.57. The molecule has 3 rings (SSSR count). The van der Waals surface area contributed by atoms with Gasteiger partial charge in [0.15, 0.2) is 5.78 Å². The predicted molar refractivity (Wildman–Crippen MR) is 84.9 cm³/mol. The molecular weight excluding hydrogens is 262 g/mol. The van der Waals surface area contributed by atoms with E-state index in [1.54, 1.807) is 0 Å². The second kappa shape index (κ2) is 5.55. The summed E-state index contributed by atoms with van der Waals surface area (Å²) in [5, 5.41) is 0.984. The Kier molecular flexibility index (Phi) is 3.75. The van der Waals surface area contributed by atoms with Gasteiger partial charge in [0, 0.05) is 28.6 Å². The van der Waals surface area contributed by atoms with E-state index in [9.17, 15) is 4.79 Å². The SMILES string of the molecule is CC(C)Oc1ccc2[nH]cc(C(=O)C3CCCC3C)c2c1. The number of carbonyl (C=O) groups excluding carboxylic acids is 1. The third-order valence-corrected chi connectivity index (χ3v) is 4.49. The van der Waals surface area contributed by atoms with E-state index in [0.717, 1.165) is 28.6 Å². The Morgan fingerprint density at radius 2 is 2.14 bits per heavy atom. The second-order valence-electron chi connectivity index (χ2n) is 6.46. The minimum Gasteiger partial charge on any atom is -0.491 e. The fourth-order valence-corrected chi connectivity index (χ4v) is 3.38. The van der Waals surface area contributed by atoms with Crippen LogP contribution in [-0.4, -0.2) is 16.9 Å². The molecule has 0 saturated heterocycles. The van der Waals surface area contributed by atoms with Gasteiger partial charge in [0.05, 0.1) is 6.10 Å². The van der Waals surface area contributed by atoms with Crippen LogP contribution in [0.4, 0.5) is 0 Å². The third kappa shape index (κ3) is 2.69. The average molecular weight is 285 g/mol. The van der Waals surface area contributed by atoms with Crippen LogP contribution in [0.5, 0.6) is 5.75 Å². The van der Waals surface area contributed by atoms with Crippen molar-refractivity contribution in [2.45, 2.75) is 46.1 Å². The number of Topliss-reactive ketones (excluding diaryl/α,β-unsaturated/α-hetero) is 1. The maximum Gasteiger partial charge on any atom is 0.168 e. The number of ketones is 1. The molecule has 3 nitrogen and oxygen atoms in total. The Morgan fingerprint density at radius 3 is 2.81 bits per heavy atom. The Balaban J connectivity index is 1.96. The number of hydrogen-bond donors (Lipinski definition) is 1. The summed E-state index contributed by atoms with van der Waals surface area (Å²) in [6, 6.07) is 5.92. The van der Waals surface area contributed by atoms with Gasteiger partial charge >= 0.3 is 0 Å². The zero-order chi connectivity index (χ0) is 15.0. The molecular formula is C18H23NO2. The van der Waals surface area contributed by atoms with Crippen LogP contribution >= 0.6 is 0 Å². The number of carbonyl (C=O) groups is 1. The number of hydrogen-bond acceptors (Lipinski definition) is 2. The minimum absolute atomic E-state index is 0.135. The number of H-pyrrole nitrogens is 1. The van der Waals surface area contributed by atoms with Crippen molar-refractivity contribution in [3.05, 3.63) is 30.0 Å². The van der Waals surface area contributed by atoms with Gasteiger partial charge < -0.3 is 9.72 Å². The quantitative estimate of drug-likeness (QED) is 0.836. The van der Waals surface area contributed by atoms with Crippen LogP contribution in [0.15, 0.2) is 24.4 Å². The molecule has 1 aromatic carbocycles. The lowest BCUT2D eigenvalue weighted by atomic mass is 9.89. The largest absolute Gasteiger partial charge is 0.491 e. The van der Waals surface area contributed by atoms with Gasteiger partial charge in [-0.15, -0.1) is 0 Å². The molecule has 1 aliphatic rings. The van der Waals surface area contributed by atoms with Gasteiger partial charge in [-0.1, -0.05) is 13.3 Å². The number of aromatic amines is 1. The zero-order valence-electron chi connectivity index (χ0n) is 13.0. The monoisotopic (exact) mass is 285 g/mol. The normalized spacial score (nSPS) is 22.1. The molecule has 0 bridgehead atoms. The van der Waals surface area contributed by atoms with Crippen LogP contribution in [0.2, 0.25) is 0 Å². The first kappa shape index (κ1) is 14.2. The number of ether oxygens (including phenoxy) is 1. The maximum absolute atomic E-state index is 12.8. The smallest absolute Gasteiger partial charge is 0.168 e. The summed E-state index contributed by atoms with van der Waals surface area (Å²) in [5.74, 6) is 1.79. The summed E-state index contributed by atoms with van der Waals surface area (Å²) >= 11 is 0. The molecule has 1 aromatic heterocycles. The summed E-state index contributed by atoms with van der Waals surface area (Å²) in [6.07, 6.45) is 5.35. The highest BCUT2D eigenvalue weighted by atomic mass is 16.5. The van der Waals surface area contributed by atoms with Crippen molar-refractivity contribution in [1.29, 1.82) is 0 Å². The fraction of sp³-hybridized carbons (Fsp3) is 0.500. The van der Waals surface area contributed by atoms with Gasteiger partial charge in [-0.25, -0.2) is 0 Å². The van der Waals surface area contributed by atoms with E-state index in [1.807, 2.05) is 38.2 Å². The molecule has 0 amide bonds. The lowest BCUT2D eigenvalue weighted by Gasteiger charge is -2.13. The number of rotatable bonds is 4. The van der Waals surface area contributed by atoms with Gasteiger partial charge in [-0.05, 0) is 50.8 Å². The van der Waals surface area contributed by atoms with Crippen LogP contribution in [0.1, 0.15) is 50.4 Å². The van der Waals surface area contributed by atoms with Crippen molar-refractivity contribution < 1.29 is 9.53 Å². The minimum atomic E-state index is 0.135. The molecule has 1 heterocycles. The van der Waals surface area contributed by atoms with E-state index >= 15 is 0 Å². The van der Waals surface area contributed by atoms with Crippen molar-refractivity contribution in [3.8, 4) is 5.75 Å². The first-order valence-electron chi connectivity index (χ1n) is 7.88. The molecule has 21 heavy (non-hydrogen) atoms. The Labute approximate surface area is 125 Å². The van der Waals surface area contributed by atoms with E-state index in [0.29, 0.717) is 5.92 Å². The third-order valence-electron chi connectivity index (χ3n) is 4.49. The van der Waals surface area contributed by atoms with Crippen LogP contribution < -0.4 is 4.74 Å². The van der Waals surface area contributed by atoms with E-state index < -0.39 is 0 Å². The van der Waals surface area contributed by atoms with Crippen molar-refractivity contribution in [1.82, 2.24) is 4.98 Å². The molecule has 1 aliphatic carbocycles. The molecule has 3 heteroatoms. The van der Waals surface area contributed by atoms with Gasteiger partial charge in [0.2, 0.25) is 0 Å². The highest BCUT2D eigenvalue weighted by Gasteiger charge is 2.31. The van der Waals surface area contributed by atoms with Crippen LogP contribution in [0.25, 0.3) is 10.9 Å². The Bertz CT molecular complexity index is 656. The van der Waals surface area contributed by atoms with Crippen LogP contribution in [0, 0.1) is 11.8 Å². The molecule has 0 radical (unpaired) electrons. The van der Waals surface area contributed by atoms with Crippen molar-refractivity contribution in [2.75, 3.05) is 0 Å². The van der Waals surface area contributed by atoms with Crippen LogP contribution in [-0.2, 0) is 0 Å². The first-order chi connectivity index (χ1) is 10.1. The zero-order valence-corrected chi connectivity index (χ0v) is 13.0. The van der Waals surface area contributed by atoms with Gasteiger partial charge in [0.25, 0.3) is 0 Å². The number of benzene rings is 1. The molecule has 112 valence electrons. The summed E-state index contributed by atoms with van der Waals surface area (Å²) in [5.41, 5.74) is 1.82. The highest BCUT2D eigenvalue weighted by molar-refractivity contribution is 6.09.